The molecule has 9 heteroatoms. The largest absolute Gasteiger partial charge is 0.548 e. The van der Waals surface area contributed by atoms with Crippen LogP contribution in [0.2, 0.25) is 0 Å². The van der Waals surface area contributed by atoms with Crippen LogP contribution in [0.1, 0.15) is 23.8 Å². The molecule has 0 amide bonds. The molecule has 0 aliphatic heterocycles. The smallest absolute Gasteiger partial charge is 0.349 e. The fraction of sp³-hybridized carbons (Fsp3) is 0.278. The lowest BCUT2D eigenvalue weighted by atomic mass is 10.1. The lowest BCUT2D eigenvalue weighted by molar-refractivity contribution is -0.308. The molecule has 0 aliphatic rings. The Hall–Kier alpha value is -2.38. The molecule has 0 spiro atoms. The van der Waals surface area contributed by atoms with Crippen molar-refractivity contribution in [3.05, 3.63) is 59.7 Å². The number of benzene rings is 2. The average Bonchev–Trinajstić information content (AvgIpc) is 2.60. The van der Waals surface area contributed by atoms with Crippen molar-refractivity contribution in [1.82, 2.24) is 5.32 Å². The van der Waals surface area contributed by atoms with Crippen molar-refractivity contribution < 1.29 is 34.1 Å². The molecule has 0 aliphatic carbocycles. The van der Waals surface area contributed by atoms with E-state index in [9.17, 15) is 29.6 Å². The lowest BCUT2D eigenvalue weighted by Gasteiger charge is -2.29. The van der Waals surface area contributed by atoms with Gasteiger partial charge in [-0.3, -0.25) is 9.88 Å². The van der Waals surface area contributed by atoms with Gasteiger partial charge in [0.1, 0.15) is 17.3 Å². The second kappa shape index (κ2) is 9.01. The summed E-state index contributed by atoms with van der Waals surface area (Å²) in [6, 6.07) is 10.3. The van der Waals surface area contributed by atoms with Gasteiger partial charge >= 0.3 is 7.60 Å². The number of carbonyl (C=O) groups excluding carboxylic acids is 1. The molecule has 0 saturated carbocycles. The minimum atomic E-state index is -4.36. The molecule has 4 N–H and O–H groups in total. The van der Waals surface area contributed by atoms with E-state index in [1.165, 1.54) is 49.4 Å². The van der Waals surface area contributed by atoms with Crippen molar-refractivity contribution >= 4 is 13.6 Å². The molecule has 2 unspecified atom stereocenters. The highest BCUT2D eigenvalue weighted by Gasteiger charge is 2.37. The van der Waals surface area contributed by atoms with Crippen molar-refractivity contribution in [2.24, 2.45) is 0 Å². The topological polar surface area (TPSA) is 139 Å². The lowest BCUT2D eigenvalue weighted by Crippen LogP contribution is -2.48. The molecule has 0 saturated heterocycles. The van der Waals surface area contributed by atoms with Crippen LogP contribution in [0.4, 0.5) is 0 Å². The number of hydrogen-bond acceptors (Lipinski definition) is 7. The van der Waals surface area contributed by atoms with Crippen molar-refractivity contribution in [2.45, 2.75) is 25.2 Å². The zero-order valence-electron chi connectivity index (χ0n) is 14.6. The van der Waals surface area contributed by atoms with E-state index in [-0.39, 0.29) is 30.1 Å². The Balaban J connectivity index is 2.35. The zero-order chi connectivity index (χ0) is 20.0. The molecule has 0 bridgehead atoms. The van der Waals surface area contributed by atoms with Gasteiger partial charge in [-0.15, -0.1) is 0 Å². The number of aromatic hydroxyl groups is 2. The van der Waals surface area contributed by atoms with Crippen LogP contribution in [-0.4, -0.2) is 33.7 Å². The standard InChI is InChI=1S/C18H22NO7P/c1-2-26-27(24,25)17(14-5-3-4-6-16(14)21)19-15(18(22)23)11-12-7-9-13(20)10-8-12/h3-10,15,17,19-21H,2,11H2,1H3,(H,22,23)(H,24,25)/p-1/t15-,17?/m0/s1. The Morgan fingerprint density at radius 2 is 1.81 bits per heavy atom. The number of nitrogens with one attached hydrogen (secondary N) is 1. The molecule has 0 radical (unpaired) electrons. The molecule has 2 rings (SSSR count). The Morgan fingerprint density at radius 1 is 1.19 bits per heavy atom. The van der Waals surface area contributed by atoms with E-state index < -0.39 is 25.4 Å². The van der Waals surface area contributed by atoms with Gasteiger partial charge in [-0.1, -0.05) is 30.3 Å². The maximum Gasteiger partial charge on any atom is 0.349 e. The van der Waals surface area contributed by atoms with Gasteiger partial charge < -0.3 is 29.5 Å². The Bertz CT molecular complexity index is 825. The molecule has 0 fully saturated rings. The van der Waals surface area contributed by atoms with E-state index in [4.69, 9.17) is 4.52 Å². The molecule has 8 nitrogen and oxygen atoms in total. The summed E-state index contributed by atoms with van der Waals surface area (Å²) in [5, 5.41) is 33.6. The number of phenols is 2. The number of carboxylic acid groups (broad SMARTS) is 1. The maximum absolute atomic E-state index is 12.6. The van der Waals surface area contributed by atoms with Crippen LogP contribution in [0.25, 0.3) is 0 Å². The van der Waals surface area contributed by atoms with E-state index in [0.717, 1.165) is 0 Å². The third kappa shape index (κ3) is 5.55. The first-order chi connectivity index (χ1) is 12.7. The summed E-state index contributed by atoms with van der Waals surface area (Å²) in [4.78, 5) is 21.9. The Kier molecular flexibility index (Phi) is 6.98. The monoisotopic (exact) mass is 394 g/mol. The van der Waals surface area contributed by atoms with E-state index in [0.29, 0.717) is 5.56 Å². The number of carboxylic acids is 1. The van der Waals surface area contributed by atoms with Gasteiger partial charge in [-0.05, 0) is 37.1 Å². The summed E-state index contributed by atoms with van der Waals surface area (Å²) in [5.74, 6) is -3.20. The summed E-state index contributed by atoms with van der Waals surface area (Å²) in [6.07, 6.45) is -0.0706. The van der Waals surface area contributed by atoms with Gasteiger partial charge in [0.05, 0.1) is 18.6 Å². The van der Waals surface area contributed by atoms with Crippen LogP contribution in [0, 0.1) is 0 Å². The number of rotatable bonds is 9. The van der Waals surface area contributed by atoms with Crippen LogP contribution < -0.4 is 10.4 Å². The van der Waals surface area contributed by atoms with Crippen molar-refractivity contribution in [2.75, 3.05) is 6.61 Å². The fourth-order valence-electron chi connectivity index (χ4n) is 2.61. The van der Waals surface area contributed by atoms with Crippen LogP contribution in [0.3, 0.4) is 0 Å². The van der Waals surface area contributed by atoms with Gasteiger partial charge in [0, 0.05) is 5.56 Å². The molecular formula is C18H21NO7P-. The molecule has 27 heavy (non-hydrogen) atoms. The Morgan fingerprint density at radius 3 is 2.37 bits per heavy atom. The molecule has 3 atom stereocenters. The second-order valence-corrected chi connectivity index (χ2v) is 7.75. The van der Waals surface area contributed by atoms with Crippen LogP contribution in [-0.2, 0) is 20.3 Å². The molecule has 2 aromatic carbocycles. The zero-order valence-corrected chi connectivity index (χ0v) is 15.5. The highest BCUT2D eigenvalue weighted by atomic mass is 31.2. The van der Waals surface area contributed by atoms with Gasteiger partial charge in [-0.25, -0.2) is 0 Å². The summed E-state index contributed by atoms with van der Waals surface area (Å²) in [7, 11) is -4.36. The normalized spacial score (nSPS) is 15.6. The summed E-state index contributed by atoms with van der Waals surface area (Å²) in [5.41, 5.74) is 0.600. The van der Waals surface area contributed by atoms with E-state index in [1.807, 2.05) is 0 Å². The van der Waals surface area contributed by atoms with Gasteiger partial charge in [0.2, 0.25) is 0 Å². The number of aliphatic carboxylic acids is 1. The van der Waals surface area contributed by atoms with Crippen LogP contribution >= 0.6 is 7.60 Å². The molecule has 0 aromatic heterocycles. The quantitative estimate of drug-likeness (QED) is 0.466. The third-order valence-corrected chi connectivity index (χ3v) is 5.60. The Labute approximate surface area is 156 Å². The maximum atomic E-state index is 12.6. The van der Waals surface area contributed by atoms with Crippen molar-refractivity contribution in [1.29, 1.82) is 0 Å². The summed E-state index contributed by atoms with van der Waals surface area (Å²) >= 11 is 0. The van der Waals surface area contributed by atoms with E-state index in [1.54, 1.807) is 6.07 Å². The highest BCUT2D eigenvalue weighted by Crippen LogP contribution is 2.56. The van der Waals surface area contributed by atoms with Crippen molar-refractivity contribution in [3.8, 4) is 11.5 Å². The van der Waals surface area contributed by atoms with Crippen LogP contribution in [0.15, 0.2) is 48.5 Å². The predicted octanol–water partition coefficient (Wildman–Crippen LogP) is 1.27. The van der Waals surface area contributed by atoms with Gasteiger partial charge in [-0.2, -0.15) is 0 Å². The fourth-order valence-corrected chi connectivity index (χ4v) is 4.06. The predicted molar refractivity (Wildman–Crippen MR) is 96.0 cm³/mol. The summed E-state index contributed by atoms with van der Waals surface area (Å²) < 4.78 is 17.6. The number of carbonyl (C=O) groups is 1. The van der Waals surface area contributed by atoms with Gasteiger partial charge in [0.15, 0.2) is 0 Å². The van der Waals surface area contributed by atoms with E-state index in [2.05, 4.69) is 5.32 Å². The minimum Gasteiger partial charge on any atom is -0.548 e. The second-order valence-electron chi connectivity index (χ2n) is 5.85. The van der Waals surface area contributed by atoms with Crippen LogP contribution in [0.5, 0.6) is 11.5 Å². The molecule has 0 heterocycles. The first-order valence-electron chi connectivity index (χ1n) is 8.24. The van der Waals surface area contributed by atoms with Gasteiger partial charge in [0.25, 0.3) is 0 Å². The number of para-hydroxylation sites is 1. The first-order valence-corrected chi connectivity index (χ1v) is 9.89. The third-order valence-electron chi connectivity index (χ3n) is 3.89. The van der Waals surface area contributed by atoms with Crippen molar-refractivity contribution in [3.63, 3.8) is 0 Å². The SMILES string of the molecule is CCOP(=O)(O)C(N[C@@H](Cc1ccc(O)cc1)C(=O)[O-])c1ccccc1O. The molecular weight excluding hydrogens is 373 g/mol. The highest BCUT2D eigenvalue weighted by molar-refractivity contribution is 7.53. The minimum absolute atomic E-state index is 0.0278. The summed E-state index contributed by atoms with van der Waals surface area (Å²) in [6.45, 7) is 1.45. The first kappa shape index (κ1) is 20.9. The number of phenolic OH excluding ortho intramolecular Hbond substituents is 2. The molecule has 146 valence electrons. The number of hydrogen-bond donors (Lipinski definition) is 4. The molecule has 2 aromatic rings. The van der Waals surface area contributed by atoms with E-state index >= 15 is 0 Å². The average molecular weight is 394 g/mol.